The predicted octanol–water partition coefficient (Wildman–Crippen LogP) is 2.54. The summed E-state index contributed by atoms with van der Waals surface area (Å²) in [7, 11) is 0. The van der Waals surface area contributed by atoms with E-state index in [1.54, 1.807) is 6.20 Å². The molecule has 0 fully saturated rings. The highest BCUT2D eigenvalue weighted by molar-refractivity contribution is 5.92. The van der Waals surface area contributed by atoms with Gasteiger partial charge in [0.15, 0.2) is 0 Å². The molecule has 2 aromatic rings. The Balaban J connectivity index is 1.95. The lowest BCUT2D eigenvalue weighted by atomic mass is 10.1. The van der Waals surface area contributed by atoms with Gasteiger partial charge in [-0.15, -0.1) is 0 Å². The van der Waals surface area contributed by atoms with Gasteiger partial charge in [0.1, 0.15) is 11.5 Å². The number of aromatic nitrogens is 2. The maximum absolute atomic E-state index is 11.7. The predicted molar refractivity (Wildman–Crippen MR) is 83.1 cm³/mol. The van der Waals surface area contributed by atoms with Gasteiger partial charge in [-0.05, 0) is 26.3 Å². The normalized spacial score (nSPS) is 10.5. The number of nitrogens with one attached hydrogen (secondary N) is 2. The van der Waals surface area contributed by atoms with Crippen molar-refractivity contribution >= 4 is 11.7 Å². The number of carbonyl (C=O) groups excluding carboxylic acids is 1. The van der Waals surface area contributed by atoms with Crippen molar-refractivity contribution in [1.29, 1.82) is 0 Å². The highest BCUT2D eigenvalue weighted by Gasteiger charge is 2.08. The fourth-order valence-corrected chi connectivity index (χ4v) is 1.89. The van der Waals surface area contributed by atoms with Crippen LogP contribution in [0.15, 0.2) is 36.7 Å². The third kappa shape index (κ3) is 4.56. The zero-order valence-corrected chi connectivity index (χ0v) is 12.6. The molecule has 0 saturated carbocycles. The Labute approximate surface area is 124 Å². The summed E-state index contributed by atoms with van der Waals surface area (Å²) in [5.74, 6) is 0.445. The third-order valence-corrected chi connectivity index (χ3v) is 2.86. The van der Waals surface area contributed by atoms with Crippen molar-refractivity contribution in [2.75, 3.05) is 5.32 Å². The lowest BCUT2D eigenvalue weighted by molar-refractivity contribution is 0.0937. The first-order valence-corrected chi connectivity index (χ1v) is 6.97. The summed E-state index contributed by atoms with van der Waals surface area (Å²) in [6.45, 7) is 6.55. The van der Waals surface area contributed by atoms with Crippen molar-refractivity contribution in [3.05, 3.63) is 53.5 Å². The summed E-state index contributed by atoms with van der Waals surface area (Å²) in [5.41, 5.74) is 2.73. The molecule has 21 heavy (non-hydrogen) atoms. The van der Waals surface area contributed by atoms with Gasteiger partial charge in [-0.2, -0.15) is 0 Å². The molecule has 2 N–H and O–H groups in total. The van der Waals surface area contributed by atoms with Crippen molar-refractivity contribution in [2.45, 2.75) is 33.4 Å². The van der Waals surface area contributed by atoms with Crippen LogP contribution >= 0.6 is 0 Å². The molecule has 5 heteroatoms. The monoisotopic (exact) mass is 284 g/mol. The summed E-state index contributed by atoms with van der Waals surface area (Å²) in [5, 5.41) is 5.97. The fourth-order valence-electron chi connectivity index (χ4n) is 1.89. The van der Waals surface area contributed by atoms with Crippen LogP contribution in [0.3, 0.4) is 0 Å². The molecule has 2 rings (SSSR count). The molecule has 5 nitrogen and oxygen atoms in total. The van der Waals surface area contributed by atoms with Crippen LogP contribution in [0.4, 0.5) is 5.82 Å². The van der Waals surface area contributed by atoms with Crippen LogP contribution in [-0.2, 0) is 6.54 Å². The zero-order valence-electron chi connectivity index (χ0n) is 12.6. The summed E-state index contributed by atoms with van der Waals surface area (Å²) in [6, 6.07) is 8.34. The van der Waals surface area contributed by atoms with Crippen LogP contribution in [0, 0.1) is 6.92 Å². The van der Waals surface area contributed by atoms with Crippen molar-refractivity contribution < 1.29 is 4.79 Å². The first kappa shape index (κ1) is 15.0. The fraction of sp³-hybridized carbons (Fsp3) is 0.312. The van der Waals surface area contributed by atoms with E-state index >= 15 is 0 Å². The van der Waals surface area contributed by atoms with Crippen LogP contribution in [0.2, 0.25) is 0 Å². The first-order valence-electron chi connectivity index (χ1n) is 6.97. The standard InChI is InChI=1S/C16H20N4O/c1-11(2)20-16(21)14-9-19-15(10-17-14)18-8-13-6-4-5-12(3)7-13/h4-7,9-11H,8H2,1-3H3,(H,18,19)(H,20,21). The second kappa shape index (κ2) is 6.83. The first-order chi connectivity index (χ1) is 10.0. The Morgan fingerprint density at radius 1 is 1.24 bits per heavy atom. The SMILES string of the molecule is Cc1cccc(CNc2cnc(C(=O)NC(C)C)cn2)c1. The number of carbonyl (C=O) groups is 1. The molecule has 0 unspecified atom stereocenters. The maximum atomic E-state index is 11.7. The van der Waals surface area contributed by atoms with Gasteiger partial charge in [0.25, 0.3) is 5.91 Å². The summed E-state index contributed by atoms with van der Waals surface area (Å²) < 4.78 is 0. The molecule has 0 saturated heterocycles. The second-order valence-electron chi connectivity index (χ2n) is 5.26. The van der Waals surface area contributed by atoms with Crippen molar-refractivity contribution in [3.8, 4) is 0 Å². The van der Waals surface area contributed by atoms with Gasteiger partial charge < -0.3 is 10.6 Å². The Morgan fingerprint density at radius 3 is 2.67 bits per heavy atom. The van der Waals surface area contributed by atoms with Gasteiger partial charge in [0.05, 0.1) is 12.4 Å². The van der Waals surface area contributed by atoms with E-state index in [-0.39, 0.29) is 11.9 Å². The highest BCUT2D eigenvalue weighted by atomic mass is 16.1. The zero-order chi connectivity index (χ0) is 15.2. The minimum absolute atomic E-state index is 0.0819. The Morgan fingerprint density at radius 2 is 2.05 bits per heavy atom. The smallest absolute Gasteiger partial charge is 0.271 e. The molecule has 1 aromatic carbocycles. The quantitative estimate of drug-likeness (QED) is 0.885. The number of benzene rings is 1. The Bertz CT molecular complexity index is 608. The minimum atomic E-state index is -0.206. The molecule has 1 aromatic heterocycles. The summed E-state index contributed by atoms with van der Waals surface area (Å²) in [4.78, 5) is 20.1. The largest absolute Gasteiger partial charge is 0.365 e. The third-order valence-electron chi connectivity index (χ3n) is 2.86. The maximum Gasteiger partial charge on any atom is 0.271 e. The average molecular weight is 284 g/mol. The van der Waals surface area contributed by atoms with Crippen LogP contribution in [-0.4, -0.2) is 21.9 Å². The lowest BCUT2D eigenvalue weighted by Gasteiger charge is -2.09. The molecule has 0 atom stereocenters. The molecular weight excluding hydrogens is 264 g/mol. The lowest BCUT2D eigenvalue weighted by Crippen LogP contribution is -2.30. The number of hydrogen-bond acceptors (Lipinski definition) is 4. The van der Waals surface area contributed by atoms with E-state index in [4.69, 9.17) is 0 Å². The molecule has 0 aliphatic rings. The van der Waals surface area contributed by atoms with Crippen LogP contribution in [0.1, 0.15) is 35.5 Å². The van der Waals surface area contributed by atoms with Crippen molar-refractivity contribution in [3.63, 3.8) is 0 Å². The molecule has 110 valence electrons. The van der Waals surface area contributed by atoms with Gasteiger partial charge in [-0.25, -0.2) is 9.97 Å². The van der Waals surface area contributed by atoms with Gasteiger partial charge in [-0.1, -0.05) is 29.8 Å². The van der Waals surface area contributed by atoms with E-state index in [9.17, 15) is 4.79 Å². The van der Waals surface area contributed by atoms with E-state index < -0.39 is 0 Å². The number of amides is 1. The van der Waals surface area contributed by atoms with Crippen LogP contribution in [0.25, 0.3) is 0 Å². The molecule has 0 bridgehead atoms. The van der Waals surface area contributed by atoms with Gasteiger partial charge in [0.2, 0.25) is 0 Å². The number of nitrogens with zero attached hydrogens (tertiary/aromatic N) is 2. The molecule has 0 spiro atoms. The average Bonchev–Trinajstić information content (AvgIpc) is 2.45. The number of rotatable bonds is 5. The van der Waals surface area contributed by atoms with E-state index in [1.165, 1.54) is 17.3 Å². The molecule has 0 radical (unpaired) electrons. The number of hydrogen-bond donors (Lipinski definition) is 2. The van der Waals surface area contributed by atoms with Crippen molar-refractivity contribution in [2.24, 2.45) is 0 Å². The van der Waals surface area contributed by atoms with E-state index in [1.807, 2.05) is 19.9 Å². The van der Waals surface area contributed by atoms with Gasteiger partial charge in [-0.3, -0.25) is 4.79 Å². The summed E-state index contributed by atoms with van der Waals surface area (Å²) in [6.07, 6.45) is 3.06. The van der Waals surface area contributed by atoms with Crippen LogP contribution in [0.5, 0.6) is 0 Å². The van der Waals surface area contributed by atoms with Crippen molar-refractivity contribution in [1.82, 2.24) is 15.3 Å². The second-order valence-corrected chi connectivity index (χ2v) is 5.26. The molecular formula is C16H20N4O. The van der Waals surface area contributed by atoms with Crippen LogP contribution < -0.4 is 10.6 Å². The van der Waals surface area contributed by atoms with Gasteiger partial charge in [0, 0.05) is 12.6 Å². The van der Waals surface area contributed by atoms with E-state index in [2.05, 4.69) is 45.7 Å². The minimum Gasteiger partial charge on any atom is -0.365 e. The highest BCUT2D eigenvalue weighted by Crippen LogP contribution is 2.07. The van der Waals surface area contributed by atoms with E-state index in [0.29, 0.717) is 18.1 Å². The topological polar surface area (TPSA) is 66.9 Å². The van der Waals surface area contributed by atoms with E-state index in [0.717, 1.165) is 0 Å². The molecule has 1 heterocycles. The molecule has 1 amide bonds. The van der Waals surface area contributed by atoms with Gasteiger partial charge >= 0.3 is 0 Å². The molecule has 0 aliphatic carbocycles. The Hall–Kier alpha value is -2.43. The Kier molecular flexibility index (Phi) is 4.87. The number of aryl methyl sites for hydroxylation is 1. The molecule has 0 aliphatic heterocycles. The summed E-state index contributed by atoms with van der Waals surface area (Å²) >= 11 is 0. The number of anilines is 1.